The van der Waals surface area contributed by atoms with E-state index in [1.807, 2.05) is 6.07 Å². The lowest BCUT2D eigenvalue weighted by Crippen LogP contribution is -3.13. The van der Waals surface area contributed by atoms with Crippen molar-refractivity contribution in [3.05, 3.63) is 53.1 Å². The third-order valence-electron chi connectivity index (χ3n) is 5.28. The number of thiocarbonyl (C=S) groups is 1. The number of aryl methyl sites for hydroxylation is 2. The molecule has 0 radical (unpaired) electrons. The molecule has 27 heavy (non-hydrogen) atoms. The number of nitrogens with one attached hydrogen (secondary N) is 2. The summed E-state index contributed by atoms with van der Waals surface area (Å²) in [5.74, 6) is 1.71. The summed E-state index contributed by atoms with van der Waals surface area (Å²) in [4.78, 5) is 3.85. The van der Waals surface area contributed by atoms with Crippen LogP contribution in [0.25, 0.3) is 0 Å². The minimum Gasteiger partial charge on any atom is -0.454 e. The molecule has 6 heteroatoms. The van der Waals surface area contributed by atoms with Crippen LogP contribution in [-0.2, 0) is 6.54 Å². The molecular formula is C21H26N3O2S+. The normalized spacial score (nSPS) is 16.4. The van der Waals surface area contributed by atoms with Gasteiger partial charge in [0.2, 0.25) is 6.79 Å². The van der Waals surface area contributed by atoms with Crippen molar-refractivity contribution in [1.82, 2.24) is 4.90 Å². The molecule has 0 bridgehead atoms. The Kier molecular flexibility index (Phi) is 5.18. The number of anilines is 1. The fraction of sp³-hybridized carbons (Fsp3) is 0.381. The Balaban J connectivity index is 1.30. The van der Waals surface area contributed by atoms with Crippen molar-refractivity contribution in [2.24, 2.45) is 0 Å². The van der Waals surface area contributed by atoms with E-state index in [0.29, 0.717) is 6.79 Å². The molecule has 0 unspecified atom stereocenters. The predicted octanol–water partition coefficient (Wildman–Crippen LogP) is 2.13. The van der Waals surface area contributed by atoms with Gasteiger partial charge in [-0.3, -0.25) is 0 Å². The Morgan fingerprint density at radius 3 is 2.67 bits per heavy atom. The first-order valence-electron chi connectivity index (χ1n) is 9.44. The van der Waals surface area contributed by atoms with Gasteiger partial charge in [0.25, 0.3) is 0 Å². The number of rotatable bonds is 3. The summed E-state index contributed by atoms with van der Waals surface area (Å²) >= 11 is 5.66. The van der Waals surface area contributed by atoms with Gasteiger partial charge in [0.15, 0.2) is 16.6 Å². The minimum atomic E-state index is 0.329. The summed E-state index contributed by atoms with van der Waals surface area (Å²) in [6.45, 7) is 9.62. The first kappa shape index (κ1) is 18.1. The molecule has 2 aromatic carbocycles. The van der Waals surface area contributed by atoms with E-state index >= 15 is 0 Å². The van der Waals surface area contributed by atoms with Crippen LogP contribution < -0.4 is 19.7 Å². The lowest BCUT2D eigenvalue weighted by molar-refractivity contribution is -0.917. The van der Waals surface area contributed by atoms with Gasteiger partial charge in [-0.05, 0) is 61.5 Å². The van der Waals surface area contributed by atoms with Crippen molar-refractivity contribution in [1.29, 1.82) is 0 Å². The van der Waals surface area contributed by atoms with Crippen LogP contribution in [-0.4, -0.2) is 43.0 Å². The molecule has 142 valence electrons. The number of ether oxygens (including phenoxy) is 2. The topological polar surface area (TPSA) is 38.2 Å². The summed E-state index contributed by atoms with van der Waals surface area (Å²) in [6.07, 6.45) is 0. The number of hydrogen-bond acceptors (Lipinski definition) is 3. The number of hydrogen-bond donors (Lipinski definition) is 2. The van der Waals surface area contributed by atoms with Gasteiger partial charge >= 0.3 is 0 Å². The van der Waals surface area contributed by atoms with E-state index in [1.165, 1.54) is 16.7 Å². The van der Waals surface area contributed by atoms with E-state index < -0.39 is 0 Å². The molecule has 2 aliphatic heterocycles. The molecule has 0 aromatic heterocycles. The van der Waals surface area contributed by atoms with Gasteiger partial charge in [0.1, 0.15) is 6.54 Å². The highest BCUT2D eigenvalue weighted by atomic mass is 32.1. The quantitative estimate of drug-likeness (QED) is 0.794. The maximum absolute atomic E-state index is 5.66. The first-order valence-corrected chi connectivity index (χ1v) is 9.84. The fourth-order valence-electron chi connectivity index (χ4n) is 3.61. The Morgan fingerprint density at radius 2 is 1.85 bits per heavy atom. The van der Waals surface area contributed by atoms with Gasteiger partial charge in [-0.1, -0.05) is 12.1 Å². The summed E-state index contributed by atoms with van der Waals surface area (Å²) < 4.78 is 10.9. The van der Waals surface area contributed by atoms with Crippen LogP contribution in [0.3, 0.4) is 0 Å². The molecule has 5 nitrogen and oxygen atoms in total. The summed E-state index contributed by atoms with van der Waals surface area (Å²) in [7, 11) is 0. The molecular weight excluding hydrogens is 358 g/mol. The highest BCUT2D eigenvalue weighted by Crippen LogP contribution is 2.32. The number of quaternary nitrogens is 1. The van der Waals surface area contributed by atoms with Gasteiger partial charge in [0, 0.05) is 11.3 Å². The molecule has 4 rings (SSSR count). The monoisotopic (exact) mass is 384 g/mol. The zero-order valence-corrected chi connectivity index (χ0v) is 16.7. The maximum Gasteiger partial charge on any atom is 0.231 e. The zero-order chi connectivity index (χ0) is 18.8. The molecule has 2 aromatic rings. The number of nitrogens with zero attached hydrogens (tertiary/aromatic N) is 1. The maximum atomic E-state index is 5.66. The smallest absolute Gasteiger partial charge is 0.231 e. The average Bonchev–Trinajstić information content (AvgIpc) is 3.13. The van der Waals surface area contributed by atoms with Crippen LogP contribution in [0, 0.1) is 13.8 Å². The van der Waals surface area contributed by atoms with E-state index in [9.17, 15) is 0 Å². The van der Waals surface area contributed by atoms with Crippen molar-refractivity contribution >= 4 is 23.0 Å². The van der Waals surface area contributed by atoms with Crippen molar-refractivity contribution < 1.29 is 14.4 Å². The van der Waals surface area contributed by atoms with E-state index in [2.05, 4.69) is 54.4 Å². The molecule has 2 heterocycles. The molecule has 0 amide bonds. The Bertz CT molecular complexity index is 847. The van der Waals surface area contributed by atoms with Crippen molar-refractivity contribution in [3.63, 3.8) is 0 Å². The summed E-state index contributed by atoms with van der Waals surface area (Å²) in [6, 6.07) is 12.7. The number of benzene rings is 2. The summed E-state index contributed by atoms with van der Waals surface area (Å²) in [5, 5.41) is 4.26. The van der Waals surface area contributed by atoms with E-state index in [0.717, 1.165) is 55.0 Å². The molecule has 0 saturated carbocycles. The van der Waals surface area contributed by atoms with Crippen LogP contribution in [0.2, 0.25) is 0 Å². The Labute approximate surface area is 165 Å². The van der Waals surface area contributed by atoms with Crippen molar-refractivity contribution in [2.75, 3.05) is 38.3 Å². The van der Waals surface area contributed by atoms with Gasteiger partial charge in [0.05, 0.1) is 26.2 Å². The van der Waals surface area contributed by atoms with Crippen LogP contribution in [0.4, 0.5) is 5.69 Å². The molecule has 2 aliphatic rings. The number of fused-ring (bicyclic) bond motifs is 1. The second kappa shape index (κ2) is 7.74. The van der Waals surface area contributed by atoms with E-state index in [4.69, 9.17) is 21.7 Å². The fourth-order valence-corrected chi connectivity index (χ4v) is 3.90. The second-order valence-electron chi connectivity index (χ2n) is 7.35. The average molecular weight is 385 g/mol. The Morgan fingerprint density at radius 1 is 1.07 bits per heavy atom. The zero-order valence-electron chi connectivity index (χ0n) is 15.9. The number of piperazine rings is 1. The molecule has 0 spiro atoms. The minimum absolute atomic E-state index is 0.329. The summed E-state index contributed by atoms with van der Waals surface area (Å²) in [5.41, 5.74) is 4.85. The van der Waals surface area contributed by atoms with Gasteiger partial charge in [-0.25, -0.2) is 0 Å². The van der Waals surface area contributed by atoms with Crippen molar-refractivity contribution in [2.45, 2.75) is 20.4 Å². The van der Waals surface area contributed by atoms with Gasteiger partial charge < -0.3 is 24.6 Å². The van der Waals surface area contributed by atoms with Gasteiger partial charge in [-0.15, -0.1) is 0 Å². The molecule has 0 aliphatic carbocycles. The van der Waals surface area contributed by atoms with Crippen LogP contribution >= 0.6 is 12.2 Å². The molecule has 1 saturated heterocycles. The highest BCUT2D eigenvalue weighted by molar-refractivity contribution is 7.80. The first-order chi connectivity index (χ1) is 13.1. The van der Waals surface area contributed by atoms with Crippen LogP contribution in [0.15, 0.2) is 36.4 Å². The predicted molar refractivity (Wildman–Crippen MR) is 111 cm³/mol. The van der Waals surface area contributed by atoms with E-state index in [1.54, 1.807) is 4.90 Å². The van der Waals surface area contributed by atoms with Crippen LogP contribution in [0.1, 0.15) is 16.7 Å². The van der Waals surface area contributed by atoms with Gasteiger partial charge in [-0.2, -0.15) is 0 Å². The molecule has 0 atom stereocenters. The second-order valence-corrected chi connectivity index (χ2v) is 7.74. The van der Waals surface area contributed by atoms with Crippen LogP contribution in [0.5, 0.6) is 11.5 Å². The third kappa shape index (κ3) is 4.17. The van der Waals surface area contributed by atoms with E-state index in [-0.39, 0.29) is 0 Å². The standard InChI is InChI=1S/C21H25N3O2S/c1-15-3-4-16(2)18(11-15)22-21(27)24-9-7-23(8-10-24)13-17-5-6-19-20(12-17)26-14-25-19/h3-6,11-12H,7-10,13-14H2,1-2H3,(H,22,27)/p+1. The SMILES string of the molecule is Cc1ccc(C)c(NC(=S)N2CC[NH+](Cc3ccc4c(c3)OCO4)CC2)c1. The van der Waals surface area contributed by atoms with Crippen molar-refractivity contribution in [3.8, 4) is 11.5 Å². The molecule has 1 fully saturated rings. The lowest BCUT2D eigenvalue weighted by atomic mass is 10.1. The third-order valence-corrected chi connectivity index (χ3v) is 5.64. The lowest BCUT2D eigenvalue weighted by Gasteiger charge is -2.34. The molecule has 2 N–H and O–H groups in total. The Hall–Kier alpha value is -2.31. The largest absolute Gasteiger partial charge is 0.454 e. The highest BCUT2D eigenvalue weighted by Gasteiger charge is 2.23.